The summed E-state index contributed by atoms with van der Waals surface area (Å²) >= 11 is 1.32. The number of aromatic amines is 1. The highest BCUT2D eigenvalue weighted by atomic mass is 32.1. The maximum Gasteiger partial charge on any atom is 0.414 e. The average Bonchev–Trinajstić information content (AvgIpc) is 3.58. The number of para-hydroxylation sites is 1. The number of carbonyl (C=O) groups is 2. The van der Waals surface area contributed by atoms with Crippen molar-refractivity contribution in [3.63, 3.8) is 0 Å². The van der Waals surface area contributed by atoms with Crippen molar-refractivity contribution in [3.05, 3.63) is 83.6 Å². The lowest BCUT2D eigenvalue weighted by molar-refractivity contribution is -0.127. The second-order valence-corrected chi connectivity index (χ2v) is 11.0. The van der Waals surface area contributed by atoms with Crippen LogP contribution in [-0.2, 0) is 16.6 Å². The Morgan fingerprint density at radius 2 is 1.89 bits per heavy atom. The summed E-state index contributed by atoms with van der Waals surface area (Å²) < 4.78 is 5.46. The minimum absolute atomic E-state index is 0.214. The van der Waals surface area contributed by atoms with Gasteiger partial charge < -0.3 is 20.4 Å². The molecule has 0 aliphatic heterocycles. The SMILES string of the molecule is C[C@@](Cc1c[nH]c2ccccc12)(NC(=O)Oc1cccs1)C(=O)NCC1(c2ccccn2)CCCCC1. The number of ether oxygens (including phenoxy) is 1. The first-order valence-corrected chi connectivity index (χ1v) is 13.6. The van der Waals surface area contributed by atoms with Crippen molar-refractivity contribution in [2.75, 3.05) is 6.54 Å². The van der Waals surface area contributed by atoms with Crippen LogP contribution in [0.2, 0.25) is 0 Å². The van der Waals surface area contributed by atoms with E-state index in [-0.39, 0.29) is 11.3 Å². The normalized spacial score (nSPS) is 16.6. The van der Waals surface area contributed by atoms with Crippen LogP contribution < -0.4 is 15.4 Å². The zero-order chi connectivity index (χ0) is 25.7. The monoisotopic (exact) mass is 516 g/mol. The van der Waals surface area contributed by atoms with Crippen LogP contribution in [0.3, 0.4) is 0 Å². The molecule has 3 heterocycles. The van der Waals surface area contributed by atoms with Crippen molar-refractivity contribution in [3.8, 4) is 5.06 Å². The van der Waals surface area contributed by atoms with Crippen LogP contribution >= 0.6 is 11.3 Å². The number of hydrogen-bond acceptors (Lipinski definition) is 5. The first-order valence-electron chi connectivity index (χ1n) is 12.8. The van der Waals surface area contributed by atoms with Gasteiger partial charge in [0.15, 0.2) is 5.06 Å². The Labute approximate surface area is 220 Å². The van der Waals surface area contributed by atoms with E-state index in [2.05, 4.69) is 26.7 Å². The summed E-state index contributed by atoms with van der Waals surface area (Å²) in [5.41, 5.74) is 1.49. The van der Waals surface area contributed by atoms with Crippen molar-refractivity contribution < 1.29 is 14.3 Å². The quantitative estimate of drug-likeness (QED) is 0.279. The minimum atomic E-state index is -1.24. The molecular formula is C29H32N4O3S. The molecule has 0 spiro atoms. The number of rotatable bonds is 8. The summed E-state index contributed by atoms with van der Waals surface area (Å²) in [5.74, 6) is -0.248. The zero-order valence-corrected chi connectivity index (χ0v) is 21.8. The molecule has 1 atom stereocenters. The highest BCUT2D eigenvalue weighted by Gasteiger charge is 2.40. The molecule has 7 nitrogen and oxygen atoms in total. The highest BCUT2D eigenvalue weighted by Crippen LogP contribution is 2.38. The van der Waals surface area contributed by atoms with Gasteiger partial charge in [-0.15, -0.1) is 11.3 Å². The van der Waals surface area contributed by atoms with E-state index in [9.17, 15) is 9.59 Å². The molecule has 3 N–H and O–H groups in total. The fraction of sp³-hybridized carbons (Fsp3) is 0.345. The third kappa shape index (κ3) is 5.54. The van der Waals surface area contributed by atoms with E-state index >= 15 is 0 Å². The Kier molecular flexibility index (Phi) is 7.28. The second kappa shape index (κ2) is 10.8. The molecule has 8 heteroatoms. The second-order valence-electron chi connectivity index (χ2n) is 10.1. The number of nitrogens with one attached hydrogen (secondary N) is 3. The number of aromatic nitrogens is 2. The number of benzene rings is 1. The molecule has 37 heavy (non-hydrogen) atoms. The van der Waals surface area contributed by atoms with Crippen molar-refractivity contribution >= 4 is 34.2 Å². The largest absolute Gasteiger partial charge is 0.414 e. The van der Waals surface area contributed by atoms with Gasteiger partial charge >= 0.3 is 6.09 Å². The first kappa shape index (κ1) is 25.0. The molecular weight excluding hydrogens is 484 g/mol. The fourth-order valence-corrected chi connectivity index (χ4v) is 5.95. The Bertz CT molecular complexity index is 1350. The molecule has 1 aromatic carbocycles. The van der Waals surface area contributed by atoms with Crippen LogP contribution in [0.4, 0.5) is 4.79 Å². The predicted octanol–water partition coefficient (Wildman–Crippen LogP) is 5.73. The van der Waals surface area contributed by atoms with Crippen LogP contribution in [0.15, 0.2) is 72.4 Å². The van der Waals surface area contributed by atoms with Gasteiger partial charge in [-0.25, -0.2) is 4.79 Å². The van der Waals surface area contributed by atoms with Gasteiger partial charge in [-0.05, 0) is 61.0 Å². The van der Waals surface area contributed by atoms with Gasteiger partial charge in [0.25, 0.3) is 0 Å². The van der Waals surface area contributed by atoms with Gasteiger partial charge in [-0.3, -0.25) is 9.78 Å². The standard InChI is InChI=1S/C29H32N4O3S/c1-28(33-27(35)36-25-13-9-17-37-25,18-21-19-31-23-11-4-3-10-22(21)23)26(34)32-20-29(14-6-2-7-15-29)24-12-5-8-16-30-24/h3-5,8-13,16-17,19,31H,2,6-7,14-15,18,20H2,1H3,(H,32,34)(H,33,35)/t28-/m0/s1. The maximum absolute atomic E-state index is 13.9. The average molecular weight is 517 g/mol. The number of hydrogen-bond donors (Lipinski definition) is 3. The molecule has 0 unspecified atom stereocenters. The summed E-state index contributed by atoms with van der Waals surface area (Å²) in [4.78, 5) is 34.7. The van der Waals surface area contributed by atoms with Crippen LogP contribution in [0.5, 0.6) is 5.06 Å². The van der Waals surface area contributed by atoms with E-state index in [1.54, 1.807) is 13.0 Å². The van der Waals surface area contributed by atoms with Crippen molar-refractivity contribution in [2.45, 2.75) is 56.4 Å². The molecule has 0 bridgehead atoms. The zero-order valence-electron chi connectivity index (χ0n) is 21.0. The van der Waals surface area contributed by atoms with E-state index in [4.69, 9.17) is 4.74 Å². The molecule has 192 valence electrons. The van der Waals surface area contributed by atoms with E-state index in [0.29, 0.717) is 18.0 Å². The Balaban J connectivity index is 1.39. The number of nitrogens with zero attached hydrogens (tertiary/aromatic N) is 1. The molecule has 0 saturated heterocycles. The summed E-state index contributed by atoms with van der Waals surface area (Å²) in [7, 11) is 0. The maximum atomic E-state index is 13.9. The van der Waals surface area contributed by atoms with Crippen LogP contribution in [0.25, 0.3) is 10.9 Å². The summed E-state index contributed by atoms with van der Waals surface area (Å²) in [6.45, 7) is 2.22. The number of carbonyl (C=O) groups excluding carboxylic acids is 2. The van der Waals surface area contributed by atoms with E-state index in [0.717, 1.165) is 47.8 Å². The number of amides is 2. The van der Waals surface area contributed by atoms with Crippen molar-refractivity contribution in [2.24, 2.45) is 0 Å². The molecule has 0 radical (unpaired) electrons. The lowest BCUT2D eigenvalue weighted by Gasteiger charge is -2.38. The molecule has 5 rings (SSSR count). The number of fused-ring (bicyclic) bond motifs is 1. The Hall–Kier alpha value is -3.65. The predicted molar refractivity (Wildman–Crippen MR) is 146 cm³/mol. The Morgan fingerprint density at radius 3 is 2.65 bits per heavy atom. The molecule has 2 amide bonds. The molecule has 3 aromatic heterocycles. The molecule has 1 fully saturated rings. The third-order valence-corrected chi connectivity index (χ3v) is 8.14. The van der Waals surface area contributed by atoms with Crippen LogP contribution in [0.1, 0.15) is 50.3 Å². The number of pyridine rings is 1. The van der Waals surface area contributed by atoms with Crippen LogP contribution in [0, 0.1) is 0 Å². The van der Waals surface area contributed by atoms with Gasteiger partial charge in [-0.2, -0.15) is 0 Å². The van der Waals surface area contributed by atoms with E-state index in [1.807, 2.05) is 60.2 Å². The first-order chi connectivity index (χ1) is 18.0. The van der Waals surface area contributed by atoms with Gasteiger partial charge in [0.2, 0.25) is 5.91 Å². The molecule has 4 aromatic rings. The van der Waals surface area contributed by atoms with Gasteiger partial charge in [-0.1, -0.05) is 43.5 Å². The summed E-state index contributed by atoms with van der Waals surface area (Å²) in [6.07, 6.45) is 8.70. The minimum Gasteiger partial charge on any atom is -0.399 e. The summed E-state index contributed by atoms with van der Waals surface area (Å²) in [5, 5.41) is 9.41. The van der Waals surface area contributed by atoms with Gasteiger partial charge in [0, 0.05) is 47.4 Å². The Morgan fingerprint density at radius 1 is 1.08 bits per heavy atom. The lowest BCUT2D eigenvalue weighted by Crippen LogP contribution is -2.60. The van der Waals surface area contributed by atoms with E-state index < -0.39 is 11.6 Å². The van der Waals surface area contributed by atoms with Crippen molar-refractivity contribution in [1.82, 2.24) is 20.6 Å². The lowest BCUT2D eigenvalue weighted by atomic mass is 9.71. The topological polar surface area (TPSA) is 96.1 Å². The molecule has 1 saturated carbocycles. The number of thiophene rings is 1. The molecule has 1 aliphatic carbocycles. The highest BCUT2D eigenvalue weighted by molar-refractivity contribution is 7.11. The fourth-order valence-electron chi connectivity index (χ4n) is 5.38. The molecule has 1 aliphatic rings. The third-order valence-electron chi connectivity index (χ3n) is 7.39. The van der Waals surface area contributed by atoms with Gasteiger partial charge in [0.05, 0.1) is 0 Å². The van der Waals surface area contributed by atoms with E-state index in [1.165, 1.54) is 17.8 Å². The van der Waals surface area contributed by atoms with Gasteiger partial charge in [0.1, 0.15) is 5.54 Å². The number of H-pyrrole nitrogens is 1. The summed E-state index contributed by atoms with van der Waals surface area (Å²) in [6, 6.07) is 17.5. The smallest absolute Gasteiger partial charge is 0.399 e. The van der Waals surface area contributed by atoms with Crippen molar-refractivity contribution in [1.29, 1.82) is 0 Å². The van der Waals surface area contributed by atoms with Crippen LogP contribution in [-0.4, -0.2) is 34.1 Å².